The molecule has 438 valence electrons. The first-order valence-electron chi connectivity index (χ1n) is 30.8. The molecule has 0 amide bonds. The molecule has 0 saturated carbocycles. The Kier molecular flexibility index (Phi) is 14.2. The van der Waals surface area contributed by atoms with Gasteiger partial charge in [0.25, 0.3) is 0 Å². The molecule has 3 heterocycles. The molecule has 0 fully saturated rings. The quantitative estimate of drug-likeness (QED) is 0.141. The summed E-state index contributed by atoms with van der Waals surface area (Å²) in [5, 5.41) is 25.7. The van der Waals surface area contributed by atoms with Crippen molar-refractivity contribution >= 4 is 49.3 Å². The van der Waals surface area contributed by atoms with E-state index in [1.807, 2.05) is 97.1 Å². The first-order valence-corrected chi connectivity index (χ1v) is 30.8. The Morgan fingerprint density at radius 3 is 1.14 bits per heavy atom. The van der Waals surface area contributed by atoms with E-state index in [-0.39, 0.29) is 21.7 Å². The normalized spacial score (nSPS) is 12.2. The lowest BCUT2D eigenvalue weighted by atomic mass is 9.85. The third-order valence-electron chi connectivity index (χ3n) is 17.7. The third kappa shape index (κ3) is 10.5. The van der Waals surface area contributed by atoms with Crippen LogP contribution in [-0.4, -0.2) is 24.1 Å². The maximum absolute atomic E-state index is 10.6. The number of hydrogen-bond donors (Lipinski definition) is 0. The van der Waals surface area contributed by atoms with Gasteiger partial charge in [0.2, 0.25) is 0 Å². The average molecular weight is 1170 g/mol. The highest BCUT2D eigenvalue weighted by molar-refractivity contribution is 6.11. The van der Waals surface area contributed by atoms with Gasteiger partial charge in [0, 0.05) is 55.2 Å². The monoisotopic (exact) mass is 1170 g/mol. The summed E-state index contributed by atoms with van der Waals surface area (Å²) in [4.78, 5) is 20.8. The van der Waals surface area contributed by atoms with Crippen molar-refractivity contribution in [1.82, 2.24) is 24.1 Å². The molecule has 0 saturated heterocycles. The van der Waals surface area contributed by atoms with Crippen molar-refractivity contribution in [2.24, 2.45) is 0 Å². The summed E-state index contributed by atoms with van der Waals surface area (Å²) >= 11 is 0. The molecule has 90 heavy (non-hydrogen) atoms. The van der Waals surface area contributed by atoms with Gasteiger partial charge in [0.1, 0.15) is 0 Å². The summed E-state index contributed by atoms with van der Waals surface area (Å²) in [6.07, 6.45) is 0. The van der Waals surface area contributed by atoms with Gasteiger partial charge >= 0.3 is 0 Å². The third-order valence-corrected chi connectivity index (χ3v) is 17.7. The van der Waals surface area contributed by atoms with E-state index in [1.54, 1.807) is 0 Å². The Hall–Kier alpha value is -10.7. The van der Waals surface area contributed by atoms with Crippen LogP contribution in [0, 0.1) is 29.2 Å². The highest BCUT2D eigenvalue weighted by Gasteiger charge is 2.27. The molecule has 8 heteroatoms. The van der Waals surface area contributed by atoms with Gasteiger partial charge in [0.05, 0.1) is 51.9 Å². The second-order valence-corrected chi connectivity index (χ2v) is 27.9. The highest BCUT2D eigenvalue weighted by Crippen LogP contribution is 2.45. The standard InChI is InChI=1S/C82H70N8/c1-79(2,3)54-28-36-72-66(42-54)67-43-55(80(4,5)6)29-37-73(67)89(72)59-32-34-62(51-22-18-20-50(40-51)48-83)70(46-59)77-86-76(65-27-17-16-26-64(65)61-25-15-14-21-53(61)49-84)87-78(88-77)71-47-60(33-35-63(71)52-23-19-24-58(41-52)85-13)90-74-38-30-56(81(7,8)9)44-68(74)69-45-57(82(10,11)12)31-39-75(69)90/h14-47H,1-12H3. The zero-order valence-corrected chi connectivity index (χ0v) is 53.2. The molecular formula is C82H70N8. The van der Waals surface area contributed by atoms with Gasteiger partial charge in [-0.2, -0.15) is 10.5 Å². The van der Waals surface area contributed by atoms with Crippen LogP contribution < -0.4 is 0 Å². The number of nitrogens with zero attached hydrogens (tertiary/aromatic N) is 8. The van der Waals surface area contributed by atoms with Crippen molar-refractivity contribution < 1.29 is 0 Å². The second kappa shape index (κ2) is 21.8. The fourth-order valence-electron chi connectivity index (χ4n) is 12.7. The van der Waals surface area contributed by atoms with E-state index in [9.17, 15) is 10.5 Å². The number of aromatic nitrogens is 5. The van der Waals surface area contributed by atoms with E-state index < -0.39 is 0 Å². The topological polar surface area (TPSA) is 100 Å². The first kappa shape index (κ1) is 58.3. The first-order chi connectivity index (χ1) is 43.0. The lowest BCUT2D eigenvalue weighted by Crippen LogP contribution is -2.10. The van der Waals surface area contributed by atoms with Crippen LogP contribution in [-0.2, 0) is 21.7 Å². The van der Waals surface area contributed by atoms with Gasteiger partial charge in [-0.1, -0.05) is 192 Å². The fourth-order valence-corrected chi connectivity index (χ4v) is 12.7. The molecule has 13 rings (SSSR count). The summed E-state index contributed by atoms with van der Waals surface area (Å²) in [5.74, 6) is 1.20. The number of benzene rings is 10. The van der Waals surface area contributed by atoms with E-state index in [1.165, 1.54) is 33.0 Å². The minimum Gasteiger partial charge on any atom is -0.309 e. The van der Waals surface area contributed by atoms with Crippen LogP contribution in [0.15, 0.2) is 206 Å². The molecule has 0 spiro atoms. The molecule has 0 unspecified atom stereocenters. The van der Waals surface area contributed by atoms with E-state index in [2.05, 4.69) is 218 Å². The summed E-state index contributed by atoms with van der Waals surface area (Å²) < 4.78 is 4.71. The molecule has 3 aromatic heterocycles. The van der Waals surface area contributed by atoms with E-state index in [4.69, 9.17) is 21.5 Å². The van der Waals surface area contributed by atoms with Crippen LogP contribution in [0.3, 0.4) is 0 Å². The molecule has 0 aliphatic rings. The van der Waals surface area contributed by atoms with Gasteiger partial charge in [-0.3, -0.25) is 0 Å². The molecule has 10 aromatic carbocycles. The second-order valence-electron chi connectivity index (χ2n) is 27.9. The van der Waals surface area contributed by atoms with E-state index >= 15 is 0 Å². The number of rotatable bonds is 8. The van der Waals surface area contributed by atoms with Crippen molar-refractivity contribution in [1.29, 1.82) is 10.5 Å². The van der Waals surface area contributed by atoms with Crippen molar-refractivity contribution in [2.75, 3.05) is 0 Å². The number of hydrogen-bond acceptors (Lipinski definition) is 5. The van der Waals surface area contributed by atoms with Gasteiger partial charge in [0.15, 0.2) is 23.2 Å². The summed E-state index contributed by atoms with van der Waals surface area (Å²) in [7, 11) is 0. The van der Waals surface area contributed by atoms with Gasteiger partial charge in [-0.05, 0) is 169 Å². The van der Waals surface area contributed by atoms with Crippen LogP contribution in [0.4, 0.5) is 5.69 Å². The fraction of sp³-hybridized carbons (Fsp3) is 0.195. The Labute approximate surface area is 527 Å². The summed E-state index contributed by atoms with van der Waals surface area (Å²) in [6.45, 7) is 35.3. The van der Waals surface area contributed by atoms with Crippen LogP contribution in [0.1, 0.15) is 116 Å². The molecule has 0 radical (unpaired) electrons. The van der Waals surface area contributed by atoms with E-state index in [0.29, 0.717) is 39.9 Å². The predicted octanol–water partition coefficient (Wildman–Crippen LogP) is 21.6. The minimum absolute atomic E-state index is 0.0873. The van der Waals surface area contributed by atoms with Gasteiger partial charge in [-0.25, -0.2) is 19.8 Å². The Morgan fingerprint density at radius 2 is 0.733 bits per heavy atom. The summed E-state index contributed by atoms with van der Waals surface area (Å²) in [5.41, 5.74) is 19.2. The molecule has 8 nitrogen and oxygen atoms in total. The van der Waals surface area contributed by atoms with Crippen molar-refractivity contribution in [2.45, 2.75) is 105 Å². The van der Waals surface area contributed by atoms with Crippen molar-refractivity contribution in [3.63, 3.8) is 0 Å². The lowest BCUT2D eigenvalue weighted by molar-refractivity contribution is 0.590. The van der Waals surface area contributed by atoms with Gasteiger partial charge in [-0.15, -0.1) is 0 Å². The lowest BCUT2D eigenvalue weighted by Gasteiger charge is -2.20. The van der Waals surface area contributed by atoms with Crippen molar-refractivity contribution in [3.8, 4) is 91.1 Å². The maximum Gasteiger partial charge on any atom is 0.187 e. The maximum atomic E-state index is 10.6. The largest absolute Gasteiger partial charge is 0.309 e. The van der Waals surface area contributed by atoms with Crippen LogP contribution in [0.2, 0.25) is 0 Å². The van der Waals surface area contributed by atoms with E-state index in [0.717, 1.165) is 88.7 Å². The van der Waals surface area contributed by atoms with Crippen LogP contribution in [0.25, 0.3) is 127 Å². The number of nitriles is 2. The predicted molar refractivity (Wildman–Crippen MR) is 372 cm³/mol. The van der Waals surface area contributed by atoms with Crippen LogP contribution in [0.5, 0.6) is 0 Å². The summed E-state index contributed by atoms with van der Waals surface area (Å²) in [6, 6.07) is 76.4. The van der Waals surface area contributed by atoms with Crippen LogP contribution >= 0.6 is 0 Å². The SMILES string of the molecule is [C-]#[N+]c1cccc(-c2ccc(-n3c4ccc(C(C)(C)C)cc4c4cc(C(C)(C)C)ccc43)cc2-c2nc(-c3cc(-n4c5ccc(C(C)(C)C)cc5c5cc(C(C)(C)C)ccc54)ccc3-c3cccc(C#N)c3)nc(-c3ccccc3-c3ccccc3C#N)n2)c1. The Morgan fingerprint density at radius 1 is 0.344 bits per heavy atom. The number of fused-ring (bicyclic) bond motifs is 6. The zero-order chi connectivity index (χ0) is 63.2. The smallest absolute Gasteiger partial charge is 0.187 e. The molecule has 0 aliphatic carbocycles. The molecule has 13 aromatic rings. The minimum atomic E-state index is -0.0880. The molecule has 0 N–H and O–H groups in total. The zero-order valence-electron chi connectivity index (χ0n) is 53.2. The Balaban J connectivity index is 1.15. The van der Waals surface area contributed by atoms with Gasteiger partial charge < -0.3 is 9.13 Å². The molecule has 0 aliphatic heterocycles. The average Bonchev–Trinajstić information content (AvgIpc) is 1.63. The van der Waals surface area contributed by atoms with Crippen molar-refractivity contribution in [3.05, 3.63) is 251 Å². The Bertz CT molecular complexity index is 4800. The molecular weight excluding hydrogens is 1100 g/mol. The molecule has 0 bridgehead atoms. The highest BCUT2D eigenvalue weighted by atomic mass is 15.0. The molecule has 0 atom stereocenters.